The second kappa shape index (κ2) is 4.25. The van der Waals surface area contributed by atoms with E-state index in [0.717, 1.165) is 0 Å². The Bertz CT molecular complexity index is 2680. The maximum Gasteiger partial charge on any atom is -0.0000730 e. The third-order valence-corrected chi connectivity index (χ3v) is 47.5. The van der Waals surface area contributed by atoms with Gasteiger partial charge in [0.25, 0.3) is 0 Å². The molecule has 0 radical (unpaired) electrons. The highest BCUT2D eigenvalue weighted by molar-refractivity contribution is 6.14. The van der Waals surface area contributed by atoms with Crippen molar-refractivity contribution in [3.05, 3.63) is 0 Å². The van der Waals surface area contributed by atoms with Crippen LogP contribution in [-0.2, 0) is 0 Å². The Morgan fingerprint density at radius 3 is 0.300 bits per heavy atom. The summed E-state index contributed by atoms with van der Waals surface area (Å²) in [6.07, 6.45) is 0. The lowest BCUT2D eigenvalue weighted by Crippen LogP contribution is -3.67. The number of hydrogen-bond acceptors (Lipinski definition) is 0. The van der Waals surface area contributed by atoms with Gasteiger partial charge in [-0.25, -0.2) is 0 Å². The van der Waals surface area contributed by atoms with Crippen LogP contribution < -0.4 is 0 Å². The minimum atomic E-state index is 0.372. The van der Waals surface area contributed by atoms with Crippen molar-refractivity contribution in [2.75, 3.05) is 0 Å². The summed E-state index contributed by atoms with van der Waals surface area (Å²) in [5, 5.41) is 0. The van der Waals surface area contributed by atoms with Crippen LogP contribution in [-0.4, -0.2) is 0 Å². The molecular formula is C60H72. The van der Waals surface area contributed by atoms with Crippen LogP contribution in [0.2, 0.25) is 0 Å². The van der Waals surface area contributed by atoms with E-state index in [1.165, 1.54) is 0 Å². The van der Waals surface area contributed by atoms with E-state index in [9.17, 15) is 0 Å². The highest BCUT2D eigenvalue weighted by atomic mass is 15.7. The summed E-state index contributed by atoms with van der Waals surface area (Å²) >= 11 is 0. The first kappa shape index (κ1) is 29.6. The fourth-order valence-electron chi connectivity index (χ4n) is 53.8. The van der Waals surface area contributed by atoms with Gasteiger partial charge >= 0.3 is 0 Å². The fraction of sp³-hybridized carbons (Fsp3) is 1.00. The number of fused-ring (bicyclic) bond motifs is 12. The zero-order chi connectivity index (χ0) is 42.0. The minimum absolute atomic E-state index is 0.372. The second-order valence-electron chi connectivity index (χ2n) is 36.5. The molecular weight excluding hydrogens is 721 g/mol. The van der Waals surface area contributed by atoms with Crippen molar-refractivity contribution in [1.29, 1.82) is 0 Å². The summed E-state index contributed by atoms with van der Waals surface area (Å²) in [7, 11) is 0. The van der Waals surface area contributed by atoms with Gasteiger partial charge in [0.05, 0.1) is 0 Å². The molecule has 0 heterocycles. The molecule has 0 saturated heterocycles. The molecule has 24 unspecified atom stereocenters. The van der Waals surface area contributed by atoms with Crippen molar-refractivity contribution < 1.29 is 0 Å². The minimum Gasteiger partial charge on any atom is -0.0588 e. The van der Waals surface area contributed by atoms with Gasteiger partial charge in [0.2, 0.25) is 0 Å². The largest absolute Gasteiger partial charge is 0.0588 e. The Hall–Kier alpha value is 0. The first-order valence-corrected chi connectivity index (χ1v) is 27.0. The van der Waals surface area contributed by atoms with E-state index < -0.39 is 0 Å². The molecule has 312 valence electrons. The maximum absolute atomic E-state index is 3.16. The van der Waals surface area contributed by atoms with Gasteiger partial charge in [-0.15, -0.1) is 0 Å². The third-order valence-electron chi connectivity index (χ3n) is 47.5. The van der Waals surface area contributed by atoms with Crippen LogP contribution in [0.3, 0.4) is 0 Å². The van der Waals surface area contributed by atoms with Crippen LogP contribution in [0.25, 0.3) is 0 Å². The van der Waals surface area contributed by atoms with E-state index >= 15 is 0 Å². The first-order valence-electron chi connectivity index (χ1n) is 27.0. The lowest BCUT2D eigenvalue weighted by molar-refractivity contribution is -1.23. The molecule has 0 aromatic carbocycles. The van der Waals surface area contributed by atoms with Crippen molar-refractivity contribution in [3.8, 4) is 0 Å². The van der Waals surface area contributed by atoms with Crippen molar-refractivity contribution in [3.63, 3.8) is 0 Å². The van der Waals surface area contributed by atoms with Crippen molar-refractivity contribution in [2.24, 2.45) is 195 Å². The molecule has 0 N–H and O–H groups in total. The zero-order valence-electron chi connectivity index (χ0n) is 42.0. The van der Waals surface area contributed by atoms with Gasteiger partial charge < -0.3 is 0 Å². The molecule has 0 nitrogen and oxygen atoms in total. The summed E-state index contributed by atoms with van der Waals surface area (Å²) in [5.74, 6) is 0. The van der Waals surface area contributed by atoms with Gasteiger partial charge in [0.1, 0.15) is 0 Å². The van der Waals surface area contributed by atoms with Crippen LogP contribution in [0, 0.1) is 195 Å². The molecule has 25 aliphatic rings. The summed E-state index contributed by atoms with van der Waals surface area (Å²) in [6, 6.07) is 0. The van der Waals surface area contributed by atoms with E-state index in [1.807, 2.05) is 0 Å². The highest BCUT2D eigenvalue weighted by Crippen LogP contribution is 3.71. The second-order valence-corrected chi connectivity index (χ2v) is 36.5. The van der Waals surface area contributed by atoms with Gasteiger partial charge in [-0.05, 0) is 195 Å². The highest BCUT2D eigenvalue weighted by Gasteiger charge is 3.70. The molecule has 25 saturated carbocycles. The molecule has 0 aromatic rings. The molecule has 0 amide bonds. The average molecular weight is 793 g/mol. The van der Waals surface area contributed by atoms with Crippen molar-refractivity contribution >= 4 is 0 Å². The predicted octanol–water partition coefficient (Wildman–Crippen LogP) is 12.3. The number of hydrogen-bond donors (Lipinski definition) is 0. The third kappa shape index (κ3) is 0.646. The molecule has 0 heteroatoms. The summed E-state index contributed by atoms with van der Waals surface area (Å²) in [4.78, 5) is 0. The van der Waals surface area contributed by atoms with E-state index in [-0.39, 0.29) is 0 Å². The normalized spacial score (nSPS) is 110. The molecule has 60 heavy (non-hydrogen) atoms. The molecule has 16 spiro atoms. The van der Waals surface area contributed by atoms with Crippen LogP contribution in [0.4, 0.5) is 0 Å². The first-order chi connectivity index (χ1) is 27.0. The molecule has 25 rings (SSSR count). The monoisotopic (exact) mass is 793 g/mol. The summed E-state index contributed by atoms with van der Waals surface area (Å²) < 4.78 is 0. The molecule has 0 bridgehead atoms. The quantitative estimate of drug-likeness (QED) is 0.229. The molecule has 0 aromatic heterocycles. The number of rotatable bonds is 0. The topological polar surface area (TPSA) is 0 Å². The van der Waals surface area contributed by atoms with Crippen LogP contribution in [0.1, 0.15) is 166 Å². The standard InChI is InChI=1S/C60H72/c1-25(2)29(9)37(17)39(19)31(11)26(3,4)33(13)41(21)43(23)35(15)28(7,8)36(16)44(24)42(22)34(14)27(5,6)32(12)40(20)38(18)30(25,10)45(29)49(37)51(39)46(31,33)53(41)55(43)48(35,36)56(44)54(42)47(32,34)52(40)50(38,45)57(49)58(51,53)60(55,56)59(52,54)57/h1-24H3/t29-,30+,31+,32-,33?,34?,35?,36?,37-,38+,39+,40-,41?,42?,43?,44?,45?,46?,47?,48?,49?,50?,51?,52?,53?,54?,55?,56?,57?,58?,59?,60?. The smallest absolute Gasteiger partial charge is 0.0000730 e. The lowest BCUT2D eigenvalue weighted by Gasteiger charge is -3.67. The Labute approximate surface area is 359 Å². The van der Waals surface area contributed by atoms with E-state index in [4.69, 9.17) is 0 Å². The Morgan fingerprint density at radius 1 is 0.100 bits per heavy atom. The van der Waals surface area contributed by atoms with Crippen LogP contribution in [0.15, 0.2) is 0 Å². The van der Waals surface area contributed by atoms with E-state index in [0.29, 0.717) is 195 Å². The molecule has 0 aliphatic heterocycles. The van der Waals surface area contributed by atoms with Gasteiger partial charge in [-0.2, -0.15) is 0 Å². The van der Waals surface area contributed by atoms with Gasteiger partial charge in [0, 0.05) is 0 Å². The van der Waals surface area contributed by atoms with Crippen molar-refractivity contribution in [2.45, 2.75) is 166 Å². The van der Waals surface area contributed by atoms with Crippen molar-refractivity contribution in [1.82, 2.24) is 0 Å². The molecule has 25 fully saturated rings. The van der Waals surface area contributed by atoms with E-state index in [2.05, 4.69) is 166 Å². The fourth-order valence-corrected chi connectivity index (χ4v) is 53.8. The zero-order valence-corrected chi connectivity index (χ0v) is 42.0. The predicted molar refractivity (Wildman–Crippen MR) is 224 cm³/mol. The Balaban J connectivity index is 0.977. The van der Waals surface area contributed by atoms with E-state index in [1.54, 1.807) is 0 Å². The SMILES string of the molecule is CC1(C)C2(C)C3(C)C4(C)C5(C)C(C)(C)[C@]6(C)C57C45C34C23C1(C)C1(C)C2(C)C8(C)C(C)(C)[C@@]9(C)C8%10C28C13C41C52C34C18C%101C35C38C4%10C27[C@]6(C)[C@@]%10(C)[C@@]3(C)C(C)(C)[C@@]8(C)[C@@]5(C)[C@]19C. The van der Waals surface area contributed by atoms with Gasteiger partial charge in [0.15, 0.2) is 0 Å². The maximum atomic E-state index is 3.16. The summed E-state index contributed by atoms with van der Waals surface area (Å²) in [5.41, 5.74) is 19.3. The summed E-state index contributed by atoms with van der Waals surface area (Å²) in [6.45, 7) is 73.7. The lowest BCUT2D eigenvalue weighted by atomic mass is 8.34. The Kier molecular flexibility index (Phi) is 2.10. The molecule has 25 aliphatic carbocycles. The Morgan fingerprint density at radius 2 is 0.200 bits per heavy atom. The van der Waals surface area contributed by atoms with Crippen LogP contribution >= 0.6 is 0 Å². The van der Waals surface area contributed by atoms with Gasteiger partial charge in [-0.1, -0.05) is 166 Å². The molecule has 32 atom stereocenters. The average Bonchev–Trinajstić information content (AvgIpc) is 3.15. The van der Waals surface area contributed by atoms with Crippen LogP contribution in [0.5, 0.6) is 0 Å². The van der Waals surface area contributed by atoms with Gasteiger partial charge in [-0.3, -0.25) is 0 Å².